The van der Waals surface area contributed by atoms with Gasteiger partial charge in [0, 0.05) is 17.6 Å². The summed E-state index contributed by atoms with van der Waals surface area (Å²) in [5.74, 6) is -1.72. The molecule has 2 aromatic rings. The zero-order valence-corrected chi connectivity index (χ0v) is 18.4. The first-order valence-corrected chi connectivity index (χ1v) is 10.6. The van der Waals surface area contributed by atoms with Gasteiger partial charge in [-0.1, -0.05) is 27.5 Å². The largest absolute Gasteiger partial charge is 0.385 e. The Morgan fingerprint density at radius 1 is 1.47 bits per heavy atom. The highest BCUT2D eigenvalue weighted by Crippen LogP contribution is 2.33. The number of nitrogens with zero attached hydrogens (tertiary/aromatic N) is 3. The van der Waals surface area contributed by atoms with Gasteiger partial charge in [0.1, 0.15) is 11.3 Å². The third-order valence-electron chi connectivity index (χ3n) is 5.51. The molecule has 1 aromatic heterocycles. The summed E-state index contributed by atoms with van der Waals surface area (Å²) in [5, 5.41) is 21.0. The Morgan fingerprint density at radius 2 is 2.20 bits per heavy atom. The van der Waals surface area contributed by atoms with Gasteiger partial charge in [0.25, 0.3) is 5.91 Å². The van der Waals surface area contributed by atoms with Crippen LogP contribution < -0.4 is 16.2 Å². The molecule has 160 valence electrons. The van der Waals surface area contributed by atoms with Gasteiger partial charge in [-0.25, -0.2) is 4.68 Å². The fourth-order valence-electron chi connectivity index (χ4n) is 3.86. The molecule has 8 nitrogen and oxygen atoms in total. The summed E-state index contributed by atoms with van der Waals surface area (Å²) >= 11 is 9.48. The van der Waals surface area contributed by atoms with E-state index in [9.17, 15) is 19.1 Å². The first kappa shape index (κ1) is 21.2. The summed E-state index contributed by atoms with van der Waals surface area (Å²) in [7, 11) is 1.27. The molecule has 30 heavy (non-hydrogen) atoms. The first-order valence-electron chi connectivity index (χ1n) is 9.43. The molecule has 1 atom stereocenters. The van der Waals surface area contributed by atoms with Crippen molar-refractivity contribution >= 4 is 44.8 Å². The summed E-state index contributed by atoms with van der Waals surface area (Å²) in [4.78, 5) is 26.5. The molecule has 11 heteroatoms. The number of hydrogen-bond donors (Lipinski definition) is 3. The van der Waals surface area contributed by atoms with Crippen LogP contribution in [0, 0.1) is 5.82 Å². The Morgan fingerprint density at radius 3 is 2.83 bits per heavy atom. The monoisotopic (exact) mass is 499 g/mol. The van der Waals surface area contributed by atoms with Crippen molar-refractivity contribution in [1.29, 1.82) is 0 Å². The number of halogens is 3. The SMILES string of the molecule is Cn1nc(C(=O)N2CC(O)([C@H]3CCCN3)C2)c(Nc2ccc(Br)cc2Cl)c(F)c1=O. The van der Waals surface area contributed by atoms with Gasteiger partial charge in [-0.05, 0) is 37.6 Å². The van der Waals surface area contributed by atoms with Crippen molar-refractivity contribution in [1.82, 2.24) is 20.0 Å². The molecule has 0 aliphatic carbocycles. The maximum absolute atomic E-state index is 14.8. The number of β-amino-alcohol motifs (C(OH)–C–C–N with tert-alkyl or cyclic N) is 1. The zero-order valence-electron chi connectivity index (χ0n) is 16.1. The topological polar surface area (TPSA) is 99.5 Å². The van der Waals surface area contributed by atoms with Gasteiger partial charge in [-0.2, -0.15) is 9.49 Å². The number of likely N-dealkylation sites (tertiary alicyclic amines) is 1. The number of nitrogens with one attached hydrogen (secondary N) is 2. The van der Waals surface area contributed by atoms with E-state index in [1.54, 1.807) is 18.2 Å². The van der Waals surface area contributed by atoms with Crippen molar-refractivity contribution in [2.75, 3.05) is 25.0 Å². The minimum Gasteiger partial charge on any atom is -0.385 e. The quantitative estimate of drug-likeness (QED) is 0.594. The average molecular weight is 501 g/mol. The van der Waals surface area contributed by atoms with Crippen LogP contribution >= 0.6 is 27.5 Å². The second-order valence-corrected chi connectivity index (χ2v) is 8.95. The Bertz CT molecular complexity index is 1070. The highest BCUT2D eigenvalue weighted by Gasteiger charge is 2.50. The van der Waals surface area contributed by atoms with Crippen LogP contribution in [0.15, 0.2) is 27.5 Å². The zero-order chi connectivity index (χ0) is 21.6. The van der Waals surface area contributed by atoms with Crippen LogP contribution in [-0.4, -0.2) is 57.0 Å². The van der Waals surface area contributed by atoms with Crippen molar-refractivity contribution in [3.63, 3.8) is 0 Å². The molecule has 2 aliphatic rings. The average Bonchev–Trinajstić information content (AvgIpc) is 3.22. The van der Waals surface area contributed by atoms with Crippen LogP contribution in [0.25, 0.3) is 0 Å². The Balaban J connectivity index is 1.64. The number of rotatable bonds is 4. The van der Waals surface area contributed by atoms with Crippen molar-refractivity contribution in [2.24, 2.45) is 7.05 Å². The molecule has 2 aliphatic heterocycles. The fraction of sp³-hybridized carbons (Fsp3) is 0.421. The van der Waals surface area contributed by atoms with Crippen LogP contribution in [-0.2, 0) is 7.05 Å². The molecule has 0 spiro atoms. The van der Waals surface area contributed by atoms with E-state index >= 15 is 0 Å². The van der Waals surface area contributed by atoms with Crippen molar-refractivity contribution in [3.8, 4) is 0 Å². The predicted molar refractivity (Wildman–Crippen MR) is 114 cm³/mol. The molecule has 4 rings (SSSR count). The highest BCUT2D eigenvalue weighted by atomic mass is 79.9. The lowest BCUT2D eigenvalue weighted by Crippen LogP contribution is -2.70. The number of carbonyl (C=O) groups excluding carboxylic acids is 1. The second kappa shape index (κ2) is 7.92. The van der Waals surface area contributed by atoms with Gasteiger partial charge < -0.3 is 20.6 Å². The van der Waals surface area contributed by atoms with Crippen LogP contribution in [0.5, 0.6) is 0 Å². The molecule has 0 unspecified atom stereocenters. The van der Waals surface area contributed by atoms with Gasteiger partial charge in [0.15, 0.2) is 5.69 Å². The maximum atomic E-state index is 14.8. The van der Waals surface area contributed by atoms with Gasteiger partial charge in [0.2, 0.25) is 5.82 Å². The predicted octanol–water partition coefficient (Wildman–Crippen LogP) is 2.02. The molecule has 1 aromatic carbocycles. The fourth-order valence-corrected chi connectivity index (χ4v) is 4.58. The summed E-state index contributed by atoms with van der Waals surface area (Å²) in [6.07, 6.45) is 1.80. The number of benzene rings is 1. The van der Waals surface area contributed by atoms with Crippen LogP contribution in [0.4, 0.5) is 15.8 Å². The van der Waals surface area contributed by atoms with Crippen LogP contribution in [0.2, 0.25) is 5.02 Å². The number of aromatic nitrogens is 2. The molecule has 3 heterocycles. The van der Waals surface area contributed by atoms with E-state index in [-0.39, 0.29) is 35.5 Å². The summed E-state index contributed by atoms with van der Waals surface area (Å²) in [6.45, 7) is 1.04. The van der Waals surface area contributed by atoms with E-state index in [0.29, 0.717) is 5.69 Å². The summed E-state index contributed by atoms with van der Waals surface area (Å²) in [6, 6.07) is 4.80. The van der Waals surface area contributed by atoms with Crippen LogP contribution in [0.1, 0.15) is 23.3 Å². The minimum atomic E-state index is -1.14. The van der Waals surface area contributed by atoms with Crippen molar-refractivity contribution < 1.29 is 14.3 Å². The number of aryl methyl sites for hydroxylation is 1. The van der Waals surface area contributed by atoms with E-state index in [0.717, 1.165) is 28.5 Å². The molecule has 0 bridgehead atoms. The smallest absolute Gasteiger partial charge is 0.304 e. The van der Waals surface area contributed by atoms with E-state index in [1.165, 1.54) is 11.9 Å². The van der Waals surface area contributed by atoms with Gasteiger partial charge >= 0.3 is 5.56 Å². The molecule has 1 amide bonds. The molecule has 2 saturated heterocycles. The van der Waals surface area contributed by atoms with Crippen molar-refractivity contribution in [2.45, 2.75) is 24.5 Å². The van der Waals surface area contributed by atoms with Gasteiger partial charge in [-0.3, -0.25) is 9.59 Å². The van der Waals surface area contributed by atoms with Crippen molar-refractivity contribution in [3.05, 3.63) is 49.6 Å². The first-order chi connectivity index (χ1) is 14.2. The van der Waals surface area contributed by atoms with E-state index in [2.05, 4.69) is 31.7 Å². The molecule has 0 radical (unpaired) electrons. The molecular formula is C19H20BrClFN5O3. The Kier molecular flexibility index (Phi) is 5.60. The number of aliphatic hydroxyl groups is 1. The third kappa shape index (κ3) is 3.73. The number of amides is 1. The summed E-state index contributed by atoms with van der Waals surface area (Å²) in [5.41, 5.74) is -2.28. The molecular weight excluding hydrogens is 481 g/mol. The lowest BCUT2D eigenvalue weighted by Gasteiger charge is -2.49. The standard InChI is InChI=1S/C19H20BrClFN5O3/c1-26-17(28)14(22)15(24-12-5-4-10(20)7-11(12)21)16(25-26)18(29)27-8-19(30,9-27)13-3-2-6-23-13/h4-5,7,13,23-24,30H,2-3,6,8-9H2,1H3/t13-/m1/s1. The second-order valence-electron chi connectivity index (χ2n) is 7.63. The number of anilines is 2. The van der Waals surface area contributed by atoms with E-state index in [4.69, 9.17) is 11.6 Å². The Hall–Kier alpha value is -2.01. The van der Waals surface area contributed by atoms with Gasteiger partial charge in [-0.15, -0.1) is 0 Å². The maximum Gasteiger partial charge on any atom is 0.304 e. The summed E-state index contributed by atoms with van der Waals surface area (Å²) < 4.78 is 16.3. The number of hydrogen-bond acceptors (Lipinski definition) is 6. The lowest BCUT2D eigenvalue weighted by atomic mass is 9.85. The van der Waals surface area contributed by atoms with Crippen LogP contribution in [0.3, 0.4) is 0 Å². The minimum absolute atomic E-state index is 0.0782. The van der Waals surface area contributed by atoms with E-state index < -0.39 is 22.9 Å². The van der Waals surface area contributed by atoms with Gasteiger partial charge in [0.05, 0.1) is 23.8 Å². The third-order valence-corrected chi connectivity index (χ3v) is 6.31. The lowest BCUT2D eigenvalue weighted by molar-refractivity contribution is -0.101. The normalized spacial score (nSPS) is 20.2. The van der Waals surface area contributed by atoms with E-state index in [1.807, 2.05) is 0 Å². The molecule has 3 N–H and O–H groups in total. The Labute approximate surface area is 185 Å². The molecule has 0 saturated carbocycles. The number of carbonyl (C=O) groups is 1. The molecule has 2 fully saturated rings. The highest BCUT2D eigenvalue weighted by molar-refractivity contribution is 9.10.